The van der Waals surface area contributed by atoms with Crippen molar-refractivity contribution in [2.45, 2.75) is 40.2 Å². The number of nitrogens with one attached hydrogen (secondary N) is 1. The molecule has 0 aliphatic carbocycles. The van der Waals surface area contributed by atoms with Gasteiger partial charge in [-0.3, -0.25) is 4.68 Å². The van der Waals surface area contributed by atoms with E-state index in [4.69, 9.17) is 4.98 Å². The normalized spacial score (nSPS) is 11.1. The third-order valence-corrected chi connectivity index (χ3v) is 3.70. The fourth-order valence-electron chi connectivity index (χ4n) is 2.62. The van der Waals surface area contributed by atoms with Gasteiger partial charge in [0.05, 0.1) is 17.4 Å². The van der Waals surface area contributed by atoms with E-state index in [1.54, 1.807) is 0 Å². The molecule has 0 aliphatic rings. The Morgan fingerprint density at radius 3 is 2.57 bits per heavy atom. The molecular weight excluding hydrogens is 288 g/mol. The fourth-order valence-corrected chi connectivity index (χ4v) is 2.62. The van der Waals surface area contributed by atoms with E-state index in [2.05, 4.69) is 47.2 Å². The average Bonchev–Trinajstić information content (AvgIpc) is 2.97. The second kappa shape index (κ2) is 6.73. The van der Waals surface area contributed by atoms with E-state index >= 15 is 0 Å². The molecule has 3 aromatic heterocycles. The van der Waals surface area contributed by atoms with E-state index in [9.17, 15) is 0 Å². The number of nitrogens with zero attached hydrogens (tertiary/aromatic N) is 5. The summed E-state index contributed by atoms with van der Waals surface area (Å²) in [7, 11) is 0. The molecule has 0 fully saturated rings. The lowest BCUT2D eigenvalue weighted by atomic mass is 10.1. The van der Waals surface area contributed by atoms with E-state index in [-0.39, 0.29) is 0 Å². The van der Waals surface area contributed by atoms with Crippen LogP contribution in [0.25, 0.3) is 22.3 Å². The third kappa shape index (κ3) is 3.16. The molecular formula is C17H22N6. The van der Waals surface area contributed by atoms with Gasteiger partial charge >= 0.3 is 0 Å². The summed E-state index contributed by atoms with van der Waals surface area (Å²) in [5.74, 6) is 0.657. The quantitative estimate of drug-likeness (QED) is 0.755. The van der Waals surface area contributed by atoms with E-state index < -0.39 is 0 Å². The van der Waals surface area contributed by atoms with Gasteiger partial charge in [-0.05, 0) is 31.4 Å². The number of hydrogen-bond donors (Lipinski definition) is 1. The number of aromatic nitrogens is 5. The zero-order valence-electron chi connectivity index (χ0n) is 13.9. The Morgan fingerprint density at radius 2 is 1.87 bits per heavy atom. The molecule has 120 valence electrons. The molecule has 0 saturated heterocycles. The molecule has 23 heavy (non-hydrogen) atoms. The monoisotopic (exact) mass is 310 g/mol. The van der Waals surface area contributed by atoms with Crippen LogP contribution in [0.3, 0.4) is 0 Å². The van der Waals surface area contributed by atoms with Crippen molar-refractivity contribution >= 4 is 17.0 Å². The van der Waals surface area contributed by atoms with Gasteiger partial charge in [0.1, 0.15) is 5.52 Å². The van der Waals surface area contributed by atoms with Crippen molar-refractivity contribution in [2.24, 2.45) is 0 Å². The Hall–Kier alpha value is -2.50. The highest BCUT2D eigenvalue weighted by molar-refractivity contribution is 5.81. The number of anilines is 1. The van der Waals surface area contributed by atoms with E-state index in [0.29, 0.717) is 5.95 Å². The first kappa shape index (κ1) is 15.4. The minimum atomic E-state index is 0.657. The molecule has 3 rings (SSSR count). The van der Waals surface area contributed by atoms with Crippen molar-refractivity contribution in [3.8, 4) is 11.3 Å². The Balaban J connectivity index is 1.94. The number of pyridine rings is 1. The number of aryl methyl sites for hydroxylation is 2. The highest BCUT2D eigenvalue weighted by atomic mass is 15.3. The van der Waals surface area contributed by atoms with Crippen LogP contribution in [0, 0.1) is 6.92 Å². The Morgan fingerprint density at radius 1 is 1.09 bits per heavy atom. The Bertz CT molecular complexity index is 791. The second-order valence-corrected chi connectivity index (χ2v) is 5.65. The topological polar surface area (TPSA) is 68.5 Å². The highest BCUT2D eigenvalue weighted by Crippen LogP contribution is 2.24. The van der Waals surface area contributed by atoms with Gasteiger partial charge in [-0.1, -0.05) is 13.8 Å². The van der Waals surface area contributed by atoms with Gasteiger partial charge in [0.25, 0.3) is 0 Å². The fraction of sp³-hybridized carbons (Fsp3) is 0.412. The van der Waals surface area contributed by atoms with Crippen LogP contribution in [-0.4, -0.2) is 31.3 Å². The van der Waals surface area contributed by atoms with Crippen LogP contribution in [0.5, 0.6) is 0 Å². The first-order chi connectivity index (χ1) is 11.2. The summed E-state index contributed by atoms with van der Waals surface area (Å²) in [4.78, 5) is 13.4. The van der Waals surface area contributed by atoms with E-state index in [1.165, 1.54) is 5.56 Å². The van der Waals surface area contributed by atoms with Crippen LogP contribution in [0.2, 0.25) is 0 Å². The Labute approximate surface area is 136 Å². The van der Waals surface area contributed by atoms with Crippen molar-refractivity contribution < 1.29 is 0 Å². The zero-order valence-corrected chi connectivity index (χ0v) is 13.9. The van der Waals surface area contributed by atoms with Crippen LogP contribution in [0.1, 0.15) is 32.3 Å². The summed E-state index contributed by atoms with van der Waals surface area (Å²) in [6.07, 6.45) is 7.56. The summed E-state index contributed by atoms with van der Waals surface area (Å²) in [5, 5.41) is 7.62. The largest absolute Gasteiger partial charge is 0.354 e. The lowest BCUT2D eigenvalue weighted by Gasteiger charge is -2.07. The van der Waals surface area contributed by atoms with Crippen molar-refractivity contribution in [3.05, 3.63) is 30.2 Å². The molecule has 0 unspecified atom stereocenters. The lowest BCUT2D eigenvalue weighted by molar-refractivity contribution is 0.621. The molecule has 0 aromatic carbocycles. The van der Waals surface area contributed by atoms with E-state index in [0.717, 1.165) is 48.2 Å². The van der Waals surface area contributed by atoms with Gasteiger partial charge in [0, 0.05) is 31.0 Å². The predicted molar refractivity (Wildman–Crippen MR) is 92.4 cm³/mol. The predicted octanol–water partition coefficient (Wildman–Crippen LogP) is 3.43. The van der Waals surface area contributed by atoms with E-state index in [1.807, 2.05) is 23.3 Å². The molecule has 6 heteroatoms. The van der Waals surface area contributed by atoms with Gasteiger partial charge in [0.15, 0.2) is 0 Å². The first-order valence-corrected chi connectivity index (χ1v) is 8.12. The SMILES string of the molecule is CCCNc1ncc(-c2cc(C)c3c(cnn3CCC)n2)cn1. The summed E-state index contributed by atoms with van der Waals surface area (Å²) in [6.45, 7) is 8.14. The molecule has 3 heterocycles. The highest BCUT2D eigenvalue weighted by Gasteiger charge is 2.10. The second-order valence-electron chi connectivity index (χ2n) is 5.65. The minimum Gasteiger partial charge on any atom is -0.354 e. The summed E-state index contributed by atoms with van der Waals surface area (Å²) in [5.41, 5.74) is 5.00. The smallest absolute Gasteiger partial charge is 0.222 e. The van der Waals surface area contributed by atoms with Gasteiger partial charge in [0.2, 0.25) is 5.95 Å². The van der Waals surface area contributed by atoms with Crippen LogP contribution >= 0.6 is 0 Å². The molecule has 3 aromatic rings. The van der Waals surface area contributed by atoms with Gasteiger partial charge in [-0.2, -0.15) is 5.10 Å². The molecule has 0 spiro atoms. The molecule has 0 saturated carbocycles. The maximum Gasteiger partial charge on any atom is 0.222 e. The summed E-state index contributed by atoms with van der Waals surface area (Å²) < 4.78 is 2.02. The van der Waals surface area contributed by atoms with Crippen LogP contribution in [0.15, 0.2) is 24.7 Å². The van der Waals surface area contributed by atoms with Gasteiger partial charge in [-0.25, -0.2) is 15.0 Å². The number of fused-ring (bicyclic) bond motifs is 1. The van der Waals surface area contributed by atoms with Gasteiger partial charge in [-0.15, -0.1) is 0 Å². The molecule has 0 atom stereocenters. The standard InChI is InChI=1S/C17H22N6/c1-4-6-18-17-19-9-13(10-20-17)14-8-12(3)16-15(22-14)11-21-23(16)7-5-2/h8-11H,4-7H2,1-3H3,(H,18,19,20). The summed E-state index contributed by atoms with van der Waals surface area (Å²) in [6, 6.07) is 2.08. The van der Waals surface area contributed by atoms with Crippen molar-refractivity contribution in [3.63, 3.8) is 0 Å². The average molecular weight is 310 g/mol. The molecule has 0 bridgehead atoms. The summed E-state index contributed by atoms with van der Waals surface area (Å²) >= 11 is 0. The first-order valence-electron chi connectivity index (χ1n) is 8.12. The van der Waals surface area contributed by atoms with Crippen molar-refractivity contribution in [2.75, 3.05) is 11.9 Å². The van der Waals surface area contributed by atoms with Crippen molar-refractivity contribution in [1.82, 2.24) is 24.7 Å². The third-order valence-electron chi connectivity index (χ3n) is 3.70. The zero-order chi connectivity index (χ0) is 16.2. The maximum atomic E-state index is 4.72. The van der Waals surface area contributed by atoms with Crippen LogP contribution in [0.4, 0.5) is 5.95 Å². The van der Waals surface area contributed by atoms with Crippen LogP contribution in [-0.2, 0) is 6.54 Å². The number of rotatable bonds is 6. The lowest BCUT2D eigenvalue weighted by Crippen LogP contribution is -2.04. The molecule has 0 amide bonds. The van der Waals surface area contributed by atoms with Gasteiger partial charge < -0.3 is 5.32 Å². The molecule has 0 aliphatic heterocycles. The van der Waals surface area contributed by atoms with Crippen molar-refractivity contribution in [1.29, 1.82) is 0 Å². The maximum absolute atomic E-state index is 4.72. The molecule has 6 nitrogen and oxygen atoms in total. The molecule has 0 radical (unpaired) electrons. The Kier molecular flexibility index (Phi) is 4.50. The minimum absolute atomic E-state index is 0.657. The number of hydrogen-bond acceptors (Lipinski definition) is 5. The molecule has 1 N–H and O–H groups in total. The van der Waals surface area contributed by atoms with Crippen LogP contribution < -0.4 is 5.32 Å².